The zero-order valence-corrected chi connectivity index (χ0v) is 11.6. The second kappa shape index (κ2) is 7.56. The van der Waals surface area contributed by atoms with Crippen LogP contribution in [0.4, 0.5) is 0 Å². The quantitative estimate of drug-likeness (QED) is 0.741. The highest BCUT2D eigenvalue weighted by Gasteiger charge is 2.20. The molecule has 0 aliphatic carbocycles. The van der Waals surface area contributed by atoms with E-state index in [0.29, 0.717) is 12.0 Å². The van der Waals surface area contributed by atoms with Crippen molar-refractivity contribution in [2.45, 2.75) is 33.3 Å². The minimum atomic E-state index is -0.404. The molecule has 4 heteroatoms. The topological polar surface area (TPSA) is 52.6 Å². The maximum Gasteiger partial charge on any atom is 0.338 e. The minimum absolute atomic E-state index is 0.0805. The van der Waals surface area contributed by atoms with Gasteiger partial charge in [0.05, 0.1) is 5.56 Å². The Kier molecular flexibility index (Phi) is 6.06. The van der Waals surface area contributed by atoms with E-state index in [1.54, 1.807) is 31.2 Å². The molecule has 1 atom stereocenters. The van der Waals surface area contributed by atoms with Crippen molar-refractivity contribution >= 4 is 11.9 Å². The number of hydrogen-bond donors (Lipinski definition) is 0. The average Bonchev–Trinajstić information content (AvgIpc) is 2.43. The molecule has 0 aliphatic rings. The lowest BCUT2D eigenvalue weighted by Gasteiger charge is -2.20. The van der Waals surface area contributed by atoms with E-state index >= 15 is 0 Å². The molecule has 0 saturated carbocycles. The maximum atomic E-state index is 11.8. The molecular formula is C15H20O4. The maximum absolute atomic E-state index is 11.8. The predicted octanol–water partition coefficient (Wildman–Crippen LogP) is 2.82. The van der Waals surface area contributed by atoms with Crippen molar-refractivity contribution in [3.8, 4) is 0 Å². The Morgan fingerprint density at radius 1 is 1.16 bits per heavy atom. The summed E-state index contributed by atoms with van der Waals surface area (Å²) in [5.41, 5.74) is 0.492. The molecule has 1 unspecified atom stereocenters. The van der Waals surface area contributed by atoms with Crippen LogP contribution in [0, 0.1) is 5.92 Å². The van der Waals surface area contributed by atoms with E-state index in [9.17, 15) is 9.59 Å². The van der Waals surface area contributed by atoms with E-state index in [4.69, 9.17) is 9.47 Å². The molecule has 4 nitrogen and oxygen atoms in total. The number of carbonyl (C=O) groups is 2. The number of carbonyl (C=O) groups excluding carboxylic acids is 2. The highest BCUT2D eigenvalue weighted by Crippen LogP contribution is 2.10. The molecule has 0 aromatic heterocycles. The van der Waals surface area contributed by atoms with Crippen LogP contribution in [0.15, 0.2) is 30.3 Å². The first-order valence-corrected chi connectivity index (χ1v) is 6.46. The van der Waals surface area contributed by atoms with Crippen molar-refractivity contribution < 1.29 is 19.1 Å². The molecule has 0 saturated heterocycles. The summed E-state index contributed by atoms with van der Waals surface area (Å²) in [7, 11) is 0. The van der Waals surface area contributed by atoms with Gasteiger partial charge in [0.15, 0.2) is 0 Å². The van der Waals surface area contributed by atoms with Gasteiger partial charge < -0.3 is 9.47 Å². The van der Waals surface area contributed by atoms with E-state index in [1.807, 2.05) is 19.9 Å². The smallest absolute Gasteiger partial charge is 0.338 e. The van der Waals surface area contributed by atoms with Crippen LogP contribution >= 0.6 is 0 Å². The lowest BCUT2D eigenvalue weighted by Crippen LogP contribution is -2.29. The Morgan fingerprint density at radius 2 is 1.79 bits per heavy atom. The summed E-state index contributed by atoms with van der Waals surface area (Å²) >= 11 is 0. The Labute approximate surface area is 113 Å². The van der Waals surface area contributed by atoms with Crippen LogP contribution in [-0.4, -0.2) is 24.6 Å². The Balaban J connectivity index is 2.52. The van der Waals surface area contributed by atoms with Gasteiger partial charge in [0.1, 0.15) is 12.7 Å². The van der Waals surface area contributed by atoms with Crippen molar-refractivity contribution in [3.05, 3.63) is 35.9 Å². The highest BCUT2D eigenvalue weighted by atomic mass is 16.6. The molecule has 0 aliphatic heterocycles. The SMILES string of the molecule is CCC(=O)OC(COC(=O)c1ccccc1)C(C)C. The van der Waals surface area contributed by atoms with Crippen LogP contribution in [0.5, 0.6) is 0 Å². The van der Waals surface area contributed by atoms with Gasteiger partial charge in [0.25, 0.3) is 0 Å². The molecule has 1 rings (SSSR count). The largest absolute Gasteiger partial charge is 0.458 e. The number of esters is 2. The summed E-state index contributed by atoms with van der Waals surface area (Å²) in [6.45, 7) is 5.65. The standard InChI is InChI=1S/C15H20O4/c1-4-14(16)19-13(11(2)3)10-18-15(17)12-8-6-5-7-9-12/h5-9,11,13H,4,10H2,1-3H3. The number of benzene rings is 1. The molecule has 0 spiro atoms. The third-order valence-corrected chi connectivity index (χ3v) is 2.70. The molecule has 0 N–H and O–H groups in total. The first-order valence-electron chi connectivity index (χ1n) is 6.46. The van der Waals surface area contributed by atoms with Crippen LogP contribution in [0.25, 0.3) is 0 Å². The number of ether oxygens (including phenoxy) is 2. The van der Waals surface area contributed by atoms with Gasteiger partial charge in [0, 0.05) is 6.42 Å². The fourth-order valence-electron chi connectivity index (χ4n) is 1.43. The summed E-state index contributed by atoms with van der Waals surface area (Å²) in [5, 5.41) is 0. The van der Waals surface area contributed by atoms with E-state index in [2.05, 4.69) is 0 Å². The Morgan fingerprint density at radius 3 is 2.32 bits per heavy atom. The lowest BCUT2D eigenvalue weighted by molar-refractivity contribution is -0.153. The monoisotopic (exact) mass is 264 g/mol. The first kappa shape index (κ1) is 15.2. The number of rotatable bonds is 6. The summed E-state index contributed by atoms with van der Waals surface area (Å²) in [6, 6.07) is 8.74. The molecule has 104 valence electrons. The van der Waals surface area contributed by atoms with Gasteiger partial charge in [-0.1, -0.05) is 39.0 Å². The summed E-state index contributed by atoms with van der Waals surface area (Å²) < 4.78 is 10.4. The van der Waals surface area contributed by atoms with Crippen LogP contribution in [0.1, 0.15) is 37.6 Å². The highest BCUT2D eigenvalue weighted by molar-refractivity contribution is 5.89. The van der Waals surface area contributed by atoms with E-state index in [-0.39, 0.29) is 18.5 Å². The van der Waals surface area contributed by atoms with Crippen molar-refractivity contribution in [1.82, 2.24) is 0 Å². The van der Waals surface area contributed by atoms with Crippen molar-refractivity contribution in [2.24, 2.45) is 5.92 Å². The molecule has 0 fully saturated rings. The van der Waals surface area contributed by atoms with Crippen molar-refractivity contribution in [3.63, 3.8) is 0 Å². The molecule has 1 aromatic rings. The van der Waals surface area contributed by atoms with Crippen LogP contribution in [0.2, 0.25) is 0 Å². The van der Waals surface area contributed by atoms with Crippen molar-refractivity contribution in [2.75, 3.05) is 6.61 Å². The van der Waals surface area contributed by atoms with E-state index in [0.717, 1.165) is 0 Å². The molecule has 1 aromatic carbocycles. The molecule has 0 heterocycles. The molecular weight excluding hydrogens is 244 g/mol. The van der Waals surface area contributed by atoms with Gasteiger partial charge in [-0.25, -0.2) is 4.79 Å². The van der Waals surface area contributed by atoms with Gasteiger partial charge in [0.2, 0.25) is 0 Å². The second-order valence-electron chi connectivity index (χ2n) is 4.59. The third kappa shape index (κ3) is 5.12. The molecule has 0 amide bonds. The summed E-state index contributed by atoms with van der Waals surface area (Å²) in [5.74, 6) is -0.590. The van der Waals surface area contributed by atoms with Gasteiger partial charge in [-0.05, 0) is 18.1 Å². The fraction of sp³-hybridized carbons (Fsp3) is 0.467. The first-order chi connectivity index (χ1) is 9.04. The van der Waals surface area contributed by atoms with Gasteiger partial charge in [-0.15, -0.1) is 0 Å². The number of hydrogen-bond acceptors (Lipinski definition) is 4. The average molecular weight is 264 g/mol. The summed E-state index contributed by atoms with van der Waals surface area (Å²) in [4.78, 5) is 23.0. The second-order valence-corrected chi connectivity index (χ2v) is 4.59. The van der Waals surface area contributed by atoms with Gasteiger partial charge in [-0.3, -0.25) is 4.79 Å². The van der Waals surface area contributed by atoms with E-state index in [1.165, 1.54) is 0 Å². The molecule has 0 bridgehead atoms. The van der Waals surface area contributed by atoms with Crippen LogP contribution in [-0.2, 0) is 14.3 Å². The fourth-order valence-corrected chi connectivity index (χ4v) is 1.43. The molecule has 0 radical (unpaired) electrons. The van der Waals surface area contributed by atoms with Gasteiger partial charge >= 0.3 is 11.9 Å². The Bertz CT molecular complexity index is 411. The predicted molar refractivity (Wildman–Crippen MR) is 71.7 cm³/mol. The Hall–Kier alpha value is -1.84. The normalized spacial score (nSPS) is 12.0. The van der Waals surface area contributed by atoms with Crippen LogP contribution in [0.3, 0.4) is 0 Å². The minimum Gasteiger partial charge on any atom is -0.458 e. The van der Waals surface area contributed by atoms with Crippen LogP contribution < -0.4 is 0 Å². The molecule has 19 heavy (non-hydrogen) atoms. The van der Waals surface area contributed by atoms with E-state index < -0.39 is 12.1 Å². The zero-order chi connectivity index (χ0) is 14.3. The summed E-state index contributed by atoms with van der Waals surface area (Å²) in [6.07, 6.45) is -0.0873. The lowest BCUT2D eigenvalue weighted by atomic mass is 10.1. The third-order valence-electron chi connectivity index (χ3n) is 2.70. The van der Waals surface area contributed by atoms with Gasteiger partial charge in [-0.2, -0.15) is 0 Å². The van der Waals surface area contributed by atoms with Crippen molar-refractivity contribution in [1.29, 1.82) is 0 Å². The zero-order valence-electron chi connectivity index (χ0n) is 11.6.